The Morgan fingerprint density at radius 3 is 2.33 bits per heavy atom. The van der Waals surface area contributed by atoms with Crippen LogP contribution in [-0.2, 0) is 0 Å². The van der Waals surface area contributed by atoms with Crippen LogP contribution in [0.25, 0.3) is 0 Å². The third kappa shape index (κ3) is 1.54. The minimum absolute atomic E-state index is 0.595. The van der Waals surface area contributed by atoms with E-state index >= 15 is 0 Å². The van der Waals surface area contributed by atoms with Crippen LogP contribution >= 0.6 is 11.8 Å². The standard InChI is InChI=1S/C4H3F3NS/c5-4(6,7)3-1-8-2-9-3/h1-2,8H. The van der Waals surface area contributed by atoms with E-state index in [0.717, 1.165) is 6.20 Å². The van der Waals surface area contributed by atoms with Crippen LogP contribution in [0.5, 0.6) is 0 Å². The fraction of sp³-hybridized carbons (Fsp3) is 0.250. The van der Waals surface area contributed by atoms with E-state index in [2.05, 4.69) is 5.32 Å². The van der Waals surface area contributed by atoms with E-state index in [0.29, 0.717) is 11.8 Å². The van der Waals surface area contributed by atoms with Gasteiger partial charge in [0.2, 0.25) is 0 Å². The fourth-order valence-corrected chi connectivity index (χ4v) is 0.923. The summed E-state index contributed by atoms with van der Waals surface area (Å²) < 4.78 is 34.8. The van der Waals surface area contributed by atoms with Gasteiger partial charge in [-0.05, 0) is 0 Å². The molecule has 0 aliphatic carbocycles. The Morgan fingerprint density at radius 2 is 2.11 bits per heavy atom. The van der Waals surface area contributed by atoms with Crippen molar-refractivity contribution in [3.63, 3.8) is 0 Å². The van der Waals surface area contributed by atoms with Crippen molar-refractivity contribution < 1.29 is 13.2 Å². The van der Waals surface area contributed by atoms with Crippen molar-refractivity contribution in [1.29, 1.82) is 0 Å². The molecule has 0 saturated heterocycles. The van der Waals surface area contributed by atoms with Crippen molar-refractivity contribution in [2.24, 2.45) is 0 Å². The van der Waals surface area contributed by atoms with Crippen molar-refractivity contribution >= 4 is 11.8 Å². The second kappa shape index (κ2) is 2.13. The Labute approximate surface area is 54.3 Å². The first-order chi connectivity index (χ1) is 4.11. The zero-order valence-electron chi connectivity index (χ0n) is 4.20. The summed E-state index contributed by atoms with van der Waals surface area (Å²) in [6.07, 6.45) is -3.25. The van der Waals surface area contributed by atoms with Gasteiger partial charge in [0.15, 0.2) is 0 Å². The Balaban J connectivity index is 2.61. The minimum Gasteiger partial charge on any atom is -0.376 e. The van der Waals surface area contributed by atoms with E-state index in [1.807, 2.05) is 0 Å². The molecule has 0 spiro atoms. The number of hydrogen-bond donors (Lipinski definition) is 1. The first-order valence-corrected chi connectivity index (χ1v) is 3.00. The topological polar surface area (TPSA) is 12.0 Å². The smallest absolute Gasteiger partial charge is 0.376 e. The van der Waals surface area contributed by atoms with Gasteiger partial charge in [0, 0.05) is 6.20 Å². The third-order valence-electron chi connectivity index (χ3n) is 0.748. The molecule has 0 bridgehead atoms. The van der Waals surface area contributed by atoms with Crippen LogP contribution in [-0.4, -0.2) is 6.18 Å². The molecule has 1 aliphatic heterocycles. The summed E-state index contributed by atoms with van der Waals surface area (Å²) in [6.45, 7) is 0. The summed E-state index contributed by atoms with van der Waals surface area (Å²) in [5.41, 5.74) is 0. The van der Waals surface area contributed by atoms with Crippen LogP contribution in [0.4, 0.5) is 13.2 Å². The Hall–Kier alpha value is -0.320. The van der Waals surface area contributed by atoms with E-state index in [4.69, 9.17) is 0 Å². The summed E-state index contributed by atoms with van der Waals surface area (Å²) in [5, 5.41) is 2.33. The molecule has 0 fully saturated rings. The first kappa shape index (κ1) is 6.80. The van der Waals surface area contributed by atoms with Crippen molar-refractivity contribution in [3.05, 3.63) is 17.0 Å². The van der Waals surface area contributed by atoms with Gasteiger partial charge in [-0.2, -0.15) is 13.2 Å². The molecule has 0 aromatic carbocycles. The molecule has 1 heterocycles. The van der Waals surface area contributed by atoms with Gasteiger partial charge < -0.3 is 5.32 Å². The third-order valence-corrected chi connectivity index (χ3v) is 1.60. The van der Waals surface area contributed by atoms with E-state index in [1.165, 1.54) is 5.88 Å². The lowest BCUT2D eigenvalue weighted by Crippen LogP contribution is -2.07. The van der Waals surface area contributed by atoms with Gasteiger partial charge in [0.05, 0.1) is 0 Å². The van der Waals surface area contributed by atoms with Gasteiger partial charge in [-0.15, -0.1) is 0 Å². The van der Waals surface area contributed by atoms with Crippen molar-refractivity contribution in [2.45, 2.75) is 6.18 Å². The average Bonchev–Trinajstić information content (AvgIpc) is 2.08. The number of alkyl halides is 3. The molecule has 0 unspecified atom stereocenters. The molecular weight excluding hydrogens is 151 g/mol. The molecule has 51 valence electrons. The molecule has 0 saturated carbocycles. The Bertz CT molecular complexity index is 139. The highest BCUT2D eigenvalue weighted by molar-refractivity contribution is 8.05. The number of halogens is 3. The highest BCUT2D eigenvalue weighted by Crippen LogP contribution is 2.37. The highest BCUT2D eigenvalue weighted by atomic mass is 32.2. The summed E-state index contributed by atoms with van der Waals surface area (Å²) >= 11 is 0.649. The molecule has 5 heteroatoms. The summed E-state index contributed by atoms with van der Waals surface area (Å²) in [7, 11) is 0. The number of thioether (sulfide) groups is 1. The van der Waals surface area contributed by atoms with E-state index in [1.54, 1.807) is 0 Å². The maximum atomic E-state index is 11.6. The predicted molar refractivity (Wildman–Crippen MR) is 29.2 cm³/mol. The van der Waals surface area contributed by atoms with Gasteiger partial charge in [0.25, 0.3) is 0 Å². The summed E-state index contributed by atoms with van der Waals surface area (Å²) in [6, 6.07) is 0. The SMILES string of the molecule is FC(F)(F)C1=CN[CH]S1. The molecule has 1 N–H and O–H groups in total. The maximum absolute atomic E-state index is 11.6. The molecular formula is C4H3F3NS. The van der Waals surface area contributed by atoms with Gasteiger partial charge in [0.1, 0.15) is 10.8 Å². The van der Waals surface area contributed by atoms with Crippen LogP contribution < -0.4 is 5.32 Å². The van der Waals surface area contributed by atoms with Crippen LogP contribution in [0.2, 0.25) is 0 Å². The van der Waals surface area contributed by atoms with Crippen molar-refractivity contribution in [1.82, 2.24) is 5.32 Å². The second-order valence-corrected chi connectivity index (χ2v) is 2.32. The van der Waals surface area contributed by atoms with Crippen LogP contribution in [0, 0.1) is 5.88 Å². The fourth-order valence-electron chi connectivity index (χ4n) is 0.390. The Kier molecular flexibility index (Phi) is 1.61. The number of hydrogen-bond acceptors (Lipinski definition) is 2. The quantitative estimate of drug-likeness (QED) is 0.571. The van der Waals surface area contributed by atoms with Gasteiger partial charge in [-0.3, -0.25) is 0 Å². The molecule has 1 nitrogen and oxygen atoms in total. The van der Waals surface area contributed by atoms with E-state index in [-0.39, 0.29) is 0 Å². The lowest BCUT2D eigenvalue weighted by Gasteiger charge is -2.02. The maximum Gasteiger partial charge on any atom is 0.423 e. The van der Waals surface area contributed by atoms with Crippen LogP contribution in [0.1, 0.15) is 0 Å². The van der Waals surface area contributed by atoms with Crippen LogP contribution in [0.3, 0.4) is 0 Å². The molecule has 1 aliphatic rings. The predicted octanol–water partition coefficient (Wildman–Crippen LogP) is 1.85. The molecule has 0 amide bonds. The zero-order chi connectivity index (χ0) is 6.91. The van der Waals surface area contributed by atoms with Crippen molar-refractivity contribution in [3.8, 4) is 0 Å². The molecule has 0 aromatic rings. The lowest BCUT2D eigenvalue weighted by molar-refractivity contribution is -0.0836. The summed E-state index contributed by atoms with van der Waals surface area (Å²) in [5.74, 6) is 1.28. The molecule has 0 aromatic heterocycles. The molecule has 1 rings (SSSR count). The number of allylic oxidation sites excluding steroid dienone is 1. The normalized spacial score (nSPS) is 19.2. The summed E-state index contributed by atoms with van der Waals surface area (Å²) in [4.78, 5) is -0.595. The molecule has 1 radical (unpaired) electrons. The van der Waals surface area contributed by atoms with Gasteiger partial charge in [-0.1, -0.05) is 11.8 Å². The Morgan fingerprint density at radius 1 is 1.44 bits per heavy atom. The van der Waals surface area contributed by atoms with Gasteiger partial charge in [-0.25, -0.2) is 0 Å². The number of nitrogens with one attached hydrogen (secondary N) is 1. The van der Waals surface area contributed by atoms with E-state index < -0.39 is 11.1 Å². The molecule has 9 heavy (non-hydrogen) atoms. The number of rotatable bonds is 0. The van der Waals surface area contributed by atoms with Crippen molar-refractivity contribution in [2.75, 3.05) is 0 Å². The zero-order valence-corrected chi connectivity index (χ0v) is 5.01. The largest absolute Gasteiger partial charge is 0.423 e. The van der Waals surface area contributed by atoms with Crippen LogP contribution in [0.15, 0.2) is 11.1 Å². The monoisotopic (exact) mass is 154 g/mol. The van der Waals surface area contributed by atoms with Gasteiger partial charge >= 0.3 is 6.18 Å². The highest BCUT2D eigenvalue weighted by Gasteiger charge is 2.35. The lowest BCUT2D eigenvalue weighted by atomic mass is 10.6. The average molecular weight is 154 g/mol. The second-order valence-electron chi connectivity index (χ2n) is 1.41. The van der Waals surface area contributed by atoms with E-state index in [9.17, 15) is 13.2 Å². The minimum atomic E-state index is -4.19. The molecule has 0 atom stereocenters. The first-order valence-electron chi connectivity index (χ1n) is 2.12.